The summed E-state index contributed by atoms with van der Waals surface area (Å²) in [5, 5.41) is 0. The molecule has 2 unspecified atom stereocenters. The van der Waals surface area contributed by atoms with Crippen LogP contribution in [0.1, 0.15) is 26.7 Å². The molecule has 0 spiro atoms. The van der Waals surface area contributed by atoms with Crippen molar-refractivity contribution in [2.75, 3.05) is 20.1 Å². The van der Waals surface area contributed by atoms with E-state index in [0.717, 1.165) is 25.9 Å². The minimum atomic E-state index is 0.231. The predicted molar refractivity (Wildman–Crippen MR) is 50.9 cm³/mol. The molecule has 1 heterocycles. The number of hydrogen-bond donors (Lipinski definition) is 0. The number of piperidine rings is 1. The van der Waals surface area contributed by atoms with Crippen molar-refractivity contribution in [2.45, 2.75) is 32.7 Å². The third-order valence-corrected chi connectivity index (χ3v) is 3.18. The Labute approximate surface area is 75.4 Å². The van der Waals surface area contributed by atoms with Gasteiger partial charge in [-0.2, -0.15) is 0 Å². The number of hydrogen-bond acceptors (Lipinski definition) is 1. The number of nitrogens with zero attached hydrogens (tertiary/aromatic N) is 2. The molecule has 2 atom stereocenters. The van der Waals surface area contributed by atoms with E-state index in [1.165, 1.54) is 0 Å². The van der Waals surface area contributed by atoms with Crippen LogP contribution in [-0.4, -0.2) is 31.1 Å². The monoisotopic (exact) mass is 166 g/mol. The van der Waals surface area contributed by atoms with Crippen molar-refractivity contribution < 1.29 is 0 Å². The Bertz CT molecular complexity index is 195. The van der Waals surface area contributed by atoms with Gasteiger partial charge in [0.2, 0.25) is 6.04 Å². The lowest BCUT2D eigenvalue weighted by Gasteiger charge is -2.38. The molecule has 1 rings (SSSR count). The first-order chi connectivity index (χ1) is 5.62. The van der Waals surface area contributed by atoms with Gasteiger partial charge in [-0.25, -0.2) is 6.57 Å². The summed E-state index contributed by atoms with van der Waals surface area (Å²) in [5.41, 5.74) is 0.231. The van der Waals surface area contributed by atoms with Crippen LogP contribution in [0.25, 0.3) is 4.85 Å². The maximum Gasteiger partial charge on any atom is 0.231 e. The molecule has 0 N–H and O–H groups in total. The third kappa shape index (κ3) is 1.61. The molecule has 1 aliphatic heterocycles. The van der Waals surface area contributed by atoms with Crippen molar-refractivity contribution in [3.63, 3.8) is 0 Å². The zero-order valence-corrected chi connectivity index (χ0v) is 8.30. The standard InChI is InChI=1S/C10H18N2/c1-5-10(2)8-12(4)7-6-9(10)11-3/h9H,5-8H2,1-2,4H3. The van der Waals surface area contributed by atoms with Gasteiger partial charge in [-0.1, -0.05) is 13.8 Å². The fourth-order valence-corrected chi connectivity index (χ4v) is 2.06. The fraction of sp³-hybridized carbons (Fsp3) is 0.900. The lowest BCUT2D eigenvalue weighted by atomic mass is 9.76. The molecule has 0 aromatic heterocycles. The van der Waals surface area contributed by atoms with Crippen LogP contribution in [0.15, 0.2) is 0 Å². The van der Waals surface area contributed by atoms with Gasteiger partial charge in [0, 0.05) is 19.5 Å². The van der Waals surface area contributed by atoms with E-state index in [-0.39, 0.29) is 11.5 Å². The molecule has 68 valence electrons. The Morgan fingerprint density at radius 1 is 1.67 bits per heavy atom. The number of likely N-dealkylation sites (tertiary alicyclic amines) is 1. The highest BCUT2D eigenvalue weighted by Crippen LogP contribution is 2.34. The topological polar surface area (TPSA) is 7.60 Å². The second-order valence-corrected chi connectivity index (χ2v) is 4.18. The summed E-state index contributed by atoms with van der Waals surface area (Å²) in [6.45, 7) is 13.7. The van der Waals surface area contributed by atoms with Gasteiger partial charge in [-0.05, 0) is 13.5 Å². The van der Waals surface area contributed by atoms with Crippen molar-refractivity contribution in [3.05, 3.63) is 11.4 Å². The summed E-state index contributed by atoms with van der Waals surface area (Å²) in [6, 6.07) is 0.249. The normalized spacial score (nSPS) is 37.7. The van der Waals surface area contributed by atoms with Gasteiger partial charge in [0.25, 0.3) is 0 Å². The van der Waals surface area contributed by atoms with Crippen LogP contribution in [0.2, 0.25) is 0 Å². The van der Waals surface area contributed by atoms with E-state index in [0.29, 0.717) is 0 Å². The lowest BCUT2D eigenvalue weighted by Crippen LogP contribution is -2.46. The molecule has 0 saturated carbocycles. The van der Waals surface area contributed by atoms with Crippen LogP contribution >= 0.6 is 0 Å². The smallest absolute Gasteiger partial charge is 0.231 e. The summed E-state index contributed by atoms with van der Waals surface area (Å²) in [5.74, 6) is 0. The van der Waals surface area contributed by atoms with Crippen LogP contribution < -0.4 is 0 Å². The highest BCUT2D eigenvalue weighted by molar-refractivity contribution is 4.99. The Hall–Kier alpha value is -0.550. The Kier molecular flexibility index (Phi) is 2.74. The van der Waals surface area contributed by atoms with E-state index in [2.05, 4.69) is 30.6 Å². The van der Waals surface area contributed by atoms with Crippen molar-refractivity contribution in [1.29, 1.82) is 0 Å². The zero-order chi connectivity index (χ0) is 9.19. The second kappa shape index (κ2) is 3.45. The molecule has 1 saturated heterocycles. The van der Waals surface area contributed by atoms with Gasteiger partial charge in [0.15, 0.2) is 0 Å². The summed E-state index contributed by atoms with van der Waals surface area (Å²) >= 11 is 0. The minimum Gasteiger partial charge on any atom is -0.313 e. The van der Waals surface area contributed by atoms with Gasteiger partial charge < -0.3 is 9.74 Å². The molecule has 0 aliphatic carbocycles. The molecule has 1 aliphatic rings. The largest absolute Gasteiger partial charge is 0.313 e. The van der Waals surface area contributed by atoms with Crippen molar-refractivity contribution in [2.24, 2.45) is 5.41 Å². The molecule has 0 aromatic carbocycles. The quantitative estimate of drug-likeness (QED) is 0.541. The van der Waals surface area contributed by atoms with E-state index in [1.807, 2.05) is 0 Å². The SMILES string of the molecule is [C-]#[N+]C1CCN(C)CC1(C)CC. The summed E-state index contributed by atoms with van der Waals surface area (Å²) in [4.78, 5) is 6.07. The maximum absolute atomic E-state index is 7.13. The summed E-state index contributed by atoms with van der Waals surface area (Å²) in [6.07, 6.45) is 2.16. The molecular formula is C10H18N2. The molecular weight excluding hydrogens is 148 g/mol. The first-order valence-corrected chi connectivity index (χ1v) is 4.67. The van der Waals surface area contributed by atoms with Crippen LogP contribution in [0, 0.1) is 12.0 Å². The third-order valence-electron chi connectivity index (χ3n) is 3.18. The molecule has 2 nitrogen and oxygen atoms in total. The van der Waals surface area contributed by atoms with Crippen molar-refractivity contribution >= 4 is 0 Å². The fourth-order valence-electron chi connectivity index (χ4n) is 2.06. The number of rotatable bonds is 1. The molecule has 12 heavy (non-hydrogen) atoms. The molecule has 0 amide bonds. The van der Waals surface area contributed by atoms with Gasteiger partial charge in [0.05, 0.1) is 5.41 Å². The lowest BCUT2D eigenvalue weighted by molar-refractivity contribution is 0.112. The molecule has 0 bridgehead atoms. The average Bonchev–Trinajstić information content (AvgIpc) is 2.05. The maximum atomic E-state index is 7.13. The van der Waals surface area contributed by atoms with E-state index in [9.17, 15) is 0 Å². The first kappa shape index (κ1) is 9.54. The van der Waals surface area contributed by atoms with E-state index in [4.69, 9.17) is 6.57 Å². The molecule has 2 heteroatoms. The predicted octanol–water partition coefficient (Wildman–Crippen LogP) is 2.03. The Morgan fingerprint density at radius 3 is 2.83 bits per heavy atom. The van der Waals surface area contributed by atoms with Gasteiger partial charge in [0.1, 0.15) is 0 Å². The van der Waals surface area contributed by atoms with E-state index in [1.54, 1.807) is 0 Å². The average molecular weight is 166 g/mol. The van der Waals surface area contributed by atoms with Gasteiger partial charge in [-0.3, -0.25) is 0 Å². The highest BCUT2D eigenvalue weighted by Gasteiger charge is 2.41. The molecule has 0 radical (unpaired) electrons. The second-order valence-electron chi connectivity index (χ2n) is 4.18. The van der Waals surface area contributed by atoms with Crippen LogP contribution in [0.5, 0.6) is 0 Å². The van der Waals surface area contributed by atoms with Crippen molar-refractivity contribution in [1.82, 2.24) is 4.90 Å². The zero-order valence-electron chi connectivity index (χ0n) is 8.30. The Morgan fingerprint density at radius 2 is 2.33 bits per heavy atom. The van der Waals surface area contributed by atoms with Gasteiger partial charge >= 0.3 is 0 Å². The van der Waals surface area contributed by atoms with Crippen LogP contribution in [-0.2, 0) is 0 Å². The minimum absolute atomic E-state index is 0.231. The molecule has 1 fully saturated rings. The summed E-state index contributed by atoms with van der Waals surface area (Å²) in [7, 11) is 2.15. The Balaban J connectivity index is 2.72. The van der Waals surface area contributed by atoms with Gasteiger partial charge in [-0.15, -0.1) is 0 Å². The van der Waals surface area contributed by atoms with E-state index >= 15 is 0 Å². The molecule has 0 aromatic rings. The first-order valence-electron chi connectivity index (χ1n) is 4.67. The summed E-state index contributed by atoms with van der Waals surface area (Å²) < 4.78 is 0. The van der Waals surface area contributed by atoms with Crippen LogP contribution in [0.4, 0.5) is 0 Å². The van der Waals surface area contributed by atoms with Crippen molar-refractivity contribution in [3.8, 4) is 0 Å². The highest BCUT2D eigenvalue weighted by atomic mass is 15.1. The van der Waals surface area contributed by atoms with E-state index < -0.39 is 0 Å². The van der Waals surface area contributed by atoms with Crippen LogP contribution in [0.3, 0.4) is 0 Å².